The van der Waals surface area contributed by atoms with E-state index >= 15 is 0 Å². The van der Waals surface area contributed by atoms with Gasteiger partial charge in [-0.05, 0) is 12.5 Å². The number of hydrogen-bond donors (Lipinski definition) is 2. The van der Waals surface area contributed by atoms with Gasteiger partial charge in [-0.3, -0.25) is 4.79 Å². The molecule has 1 heterocycles. The van der Waals surface area contributed by atoms with Crippen LogP contribution in [0.4, 0.5) is 0 Å². The topological polar surface area (TPSA) is 81.2 Å². The fourth-order valence-corrected chi connectivity index (χ4v) is 1.54. The van der Waals surface area contributed by atoms with E-state index in [1.165, 1.54) is 6.26 Å². The summed E-state index contributed by atoms with van der Waals surface area (Å²) in [4.78, 5) is 11.8. The Hall–Kier alpha value is -2.14. The van der Waals surface area contributed by atoms with Crippen LogP contribution in [0.2, 0.25) is 0 Å². The van der Waals surface area contributed by atoms with Crippen molar-refractivity contribution in [3.05, 3.63) is 53.4 Å². The highest BCUT2D eigenvalue weighted by molar-refractivity contribution is 5.82. The van der Waals surface area contributed by atoms with Gasteiger partial charge in [-0.1, -0.05) is 35.0 Å². The third kappa shape index (κ3) is 2.95. The lowest BCUT2D eigenvalue weighted by molar-refractivity contribution is -0.122. The lowest BCUT2D eigenvalue weighted by Crippen LogP contribution is -2.33. The summed E-state index contributed by atoms with van der Waals surface area (Å²) in [5, 5.41) is 6.41. The summed E-state index contributed by atoms with van der Waals surface area (Å²) in [5.74, 6) is -0.234. The van der Waals surface area contributed by atoms with Crippen molar-refractivity contribution in [3.8, 4) is 0 Å². The van der Waals surface area contributed by atoms with E-state index in [9.17, 15) is 4.79 Å². The smallest absolute Gasteiger partial charge is 0.241 e. The molecule has 0 aliphatic rings. The Labute approximate surface area is 105 Å². The molecule has 0 aliphatic heterocycles. The number of rotatable bonds is 4. The Morgan fingerprint density at radius 3 is 2.72 bits per heavy atom. The number of benzene rings is 1. The van der Waals surface area contributed by atoms with Gasteiger partial charge < -0.3 is 15.6 Å². The molecule has 1 atom stereocenters. The molecule has 94 valence electrons. The number of amides is 1. The van der Waals surface area contributed by atoms with Crippen LogP contribution in [-0.2, 0) is 11.3 Å². The van der Waals surface area contributed by atoms with Crippen molar-refractivity contribution in [3.63, 3.8) is 0 Å². The first-order valence-electron chi connectivity index (χ1n) is 5.66. The zero-order valence-electron chi connectivity index (χ0n) is 10.1. The van der Waals surface area contributed by atoms with Gasteiger partial charge in [0.1, 0.15) is 18.0 Å². The third-order valence-electron chi connectivity index (χ3n) is 2.65. The van der Waals surface area contributed by atoms with Gasteiger partial charge in [-0.15, -0.1) is 0 Å². The third-order valence-corrected chi connectivity index (χ3v) is 2.65. The molecular formula is C13H15N3O2. The van der Waals surface area contributed by atoms with E-state index in [4.69, 9.17) is 5.73 Å². The van der Waals surface area contributed by atoms with Crippen LogP contribution in [-0.4, -0.2) is 11.1 Å². The van der Waals surface area contributed by atoms with Crippen molar-refractivity contribution in [1.82, 2.24) is 10.5 Å². The summed E-state index contributed by atoms with van der Waals surface area (Å²) in [6, 6.07) is 8.60. The maximum absolute atomic E-state index is 11.8. The Kier molecular flexibility index (Phi) is 3.74. The van der Waals surface area contributed by atoms with Crippen LogP contribution in [0.3, 0.4) is 0 Å². The molecule has 1 aromatic carbocycles. The number of nitrogens with one attached hydrogen (secondary N) is 1. The van der Waals surface area contributed by atoms with Gasteiger partial charge in [0, 0.05) is 6.07 Å². The van der Waals surface area contributed by atoms with Crippen LogP contribution >= 0.6 is 0 Å². The molecule has 0 saturated heterocycles. The number of hydrogen-bond acceptors (Lipinski definition) is 4. The first kappa shape index (κ1) is 12.3. The van der Waals surface area contributed by atoms with Crippen LogP contribution in [0.5, 0.6) is 0 Å². The van der Waals surface area contributed by atoms with Crippen LogP contribution in [0, 0.1) is 6.92 Å². The minimum Gasteiger partial charge on any atom is -0.364 e. The average molecular weight is 245 g/mol. The van der Waals surface area contributed by atoms with Gasteiger partial charge in [-0.25, -0.2) is 0 Å². The fourth-order valence-electron chi connectivity index (χ4n) is 1.54. The standard InChI is InChI=1S/C13H15N3O2/c1-9-2-4-10(5-3-9)12(14)13(17)15-8-11-6-7-18-16-11/h2-7,12H,8,14H2,1H3,(H,15,17). The van der Waals surface area contributed by atoms with Crippen molar-refractivity contribution in [2.24, 2.45) is 5.73 Å². The second-order valence-corrected chi connectivity index (χ2v) is 4.10. The van der Waals surface area contributed by atoms with Crippen LogP contribution in [0.15, 0.2) is 41.1 Å². The Balaban J connectivity index is 1.94. The van der Waals surface area contributed by atoms with E-state index in [0.29, 0.717) is 12.2 Å². The highest BCUT2D eigenvalue weighted by Crippen LogP contribution is 2.11. The van der Waals surface area contributed by atoms with Gasteiger partial charge in [-0.2, -0.15) is 0 Å². The van der Waals surface area contributed by atoms with Crippen molar-refractivity contribution < 1.29 is 9.32 Å². The molecule has 2 rings (SSSR count). The van der Waals surface area contributed by atoms with Crippen molar-refractivity contribution >= 4 is 5.91 Å². The van der Waals surface area contributed by atoms with Gasteiger partial charge in [0.15, 0.2) is 0 Å². The fraction of sp³-hybridized carbons (Fsp3) is 0.231. The highest BCUT2D eigenvalue weighted by atomic mass is 16.5. The number of aromatic nitrogens is 1. The summed E-state index contributed by atoms with van der Waals surface area (Å²) in [7, 11) is 0. The normalized spacial score (nSPS) is 12.1. The molecule has 0 fully saturated rings. The zero-order chi connectivity index (χ0) is 13.0. The molecule has 0 saturated carbocycles. The summed E-state index contributed by atoms with van der Waals surface area (Å²) < 4.78 is 4.67. The SMILES string of the molecule is Cc1ccc(C(N)C(=O)NCc2ccon2)cc1. The predicted molar refractivity (Wildman–Crippen MR) is 66.5 cm³/mol. The Morgan fingerprint density at radius 2 is 2.11 bits per heavy atom. The van der Waals surface area contributed by atoms with E-state index in [-0.39, 0.29) is 5.91 Å². The second-order valence-electron chi connectivity index (χ2n) is 4.10. The maximum atomic E-state index is 11.8. The summed E-state index contributed by atoms with van der Waals surface area (Å²) in [6.07, 6.45) is 1.46. The van der Waals surface area contributed by atoms with Crippen LogP contribution < -0.4 is 11.1 Å². The lowest BCUT2D eigenvalue weighted by atomic mass is 10.1. The van der Waals surface area contributed by atoms with Crippen molar-refractivity contribution in [1.29, 1.82) is 0 Å². The molecule has 5 heteroatoms. The summed E-state index contributed by atoms with van der Waals surface area (Å²) >= 11 is 0. The van der Waals surface area contributed by atoms with Gasteiger partial charge >= 0.3 is 0 Å². The molecule has 0 radical (unpaired) electrons. The average Bonchev–Trinajstić information content (AvgIpc) is 2.89. The number of nitrogens with zero attached hydrogens (tertiary/aromatic N) is 1. The first-order valence-corrected chi connectivity index (χ1v) is 5.66. The molecule has 0 aliphatic carbocycles. The molecule has 18 heavy (non-hydrogen) atoms. The first-order chi connectivity index (χ1) is 8.66. The van der Waals surface area contributed by atoms with Crippen LogP contribution in [0.1, 0.15) is 22.9 Å². The summed E-state index contributed by atoms with van der Waals surface area (Å²) in [6.45, 7) is 2.30. The van der Waals surface area contributed by atoms with Gasteiger partial charge in [0.05, 0.1) is 6.54 Å². The van der Waals surface area contributed by atoms with Gasteiger partial charge in [0.2, 0.25) is 5.91 Å². The highest BCUT2D eigenvalue weighted by Gasteiger charge is 2.15. The van der Waals surface area contributed by atoms with E-state index in [2.05, 4.69) is 15.0 Å². The van der Waals surface area contributed by atoms with E-state index < -0.39 is 6.04 Å². The largest absolute Gasteiger partial charge is 0.364 e. The predicted octanol–water partition coefficient (Wildman–Crippen LogP) is 1.30. The summed E-state index contributed by atoms with van der Waals surface area (Å²) in [5.41, 5.74) is 8.46. The molecular weight excluding hydrogens is 230 g/mol. The maximum Gasteiger partial charge on any atom is 0.241 e. The van der Waals surface area contributed by atoms with E-state index in [1.807, 2.05) is 31.2 Å². The number of aryl methyl sites for hydroxylation is 1. The molecule has 3 N–H and O–H groups in total. The minimum absolute atomic E-state index is 0.234. The molecule has 1 aromatic heterocycles. The second kappa shape index (κ2) is 5.46. The van der Waals surface area contributed by atoms with Crippen molar-refractivity contribution in [2.75, 3.05) is 0 Å². The molecule has 1 amide bonds. The van der Waals surface area contributed by atoms with Gasteiger partial charge in [0.25, 0.3) is 0 Å². The number of carbonyl (C=O) groups is 1. The van der Waals surface area contributed by atoms with E-state index in [1.54, 1.807) is 6.07 Å². The van der Waals surface area contributed by atoms with Crippen LogP contribution in [0.25, 0.3) is 0 Å². The minimum atomic E-state index is -0.669. The number of nitrogens with two attached hydrogens (primary N) is 1. The van der Waals surface area contributed by atoms with Crippen molar-refractivity contribution in [2.45, 2.75) is 19.5 Å². The monoisotopic (exact) mass is 245 g/mol. The number of carbonyl (C=O) groups excluding carboxylic acids is 1. The quantitative estimate of drug-likeness (QED) is 0.850. The molecule has 0 bridgehead atoms. The molecule has 2 aromatic rings. The molecule has 1 unspecified atom stereocenters. The Morgan fingerprint density at radius 1 is 1.39 bits per heavy atom. The zero-order valence-corrected chi connectivity index (χ0v) is 10.1. The molecule has 5 nitrogen and oxygen atoms in total. The molecule has 0 spiro atoms. The lowest BCUT2D eigenvalue weighted by Gasteiger charge is -2.12. The Bertz CT molecular complexity index is 506. The van der Waals surface area contributed by atoms with E-state index in [0.717, 1.165) is 11.1 Å².